The molecule has 1 aromatic rings. The van der Waals surface area contributed by atoms with Crippen LogP contribution in [0.2, 0.25) is 0 Å². The van der Waals surface area contributed by atoms with Gasteiger partial charge in [-0.3, -0.25) is 0 Å². The van der Waals surface area contributed by atoms with Crippen LogP contribution in [0.5, 0.6) is 0 Å². The maximum absolute atomic E-state index is 8.86. The van der Waals surface area contributed by atoms with Crippen molar-refractivity contribution >= 4 is 0 Å². The van der Waals surface area contributed by atoms with Crippen molar-refractivity contribution < 1.29 is 5.11 Å². The molecule has 0 aliphatic rings. The van der Waals surface area contributed by atoms with Crippen molar-refractivity contribution in [2.24, 2.45) is 0 Å². The molecule has 0 saturated carbocycles. The Morgan fingerprint density at radius 2 is 1.79 bits per heavy atom. The second kappa shape index (κ2) is 5.13. The monoisotopic (exact) mass is 193 g/mol. The molecule has 2 N–H and O–H groups in total. The van der Waals surface area contributed by atoms with Crippen LogP contribution in [-0.4, -0.2) is 17.8 Å². The molecule has 2 nitrogen and oxygen atoms in total. The van der Waals surface area contributed by atoms with Gasteiger partial charge in [0.05, 0.1) is 6.61 Å². The van der Waals surface area contributed by atoms with Crippen molar-refractivity contribution in [3.63, 3.8) is 0 Å². The lowest BCUT2D eigenvalue weighted by Crippen LogP contribution is -2.28. The summed E-state index contributed by atoms with van der Waals surface area (Å²) in [7, 11) is 0. The van der Waals surface area contributed by atoms with Crippen molar-refractivity contribution in [3.05, 3.63) is 34.9 Å². The zero-order valence-electron chi connectivity index (χ0n) is 9.17. The molecule has 1 rings (SSSR count). The van der Waals surface area contributed by atoms with Crippen molar-refractivity contribution in [1.29, 1.82) is 0 Å². The van der Waals surface area contributed by atoms with Crippen molar-refractivity contribution in [3.8, 4) is 0 Å². The minimum atomic E-state index is 0.163. The van der Waals surface area contributed by atoms with Gasteiger partial charge in [-0.15, -0.1) is 0 Å². The van der Waals surface area contributed by atoms with Gasteiger partial charge in [-0.2, -0.15) is 0 Å². The number of aliphatic hydroxyl groups is 1. The van der Waals surface area contributed by atoms with E-state index in [9.17, 15) is 0 Å². The lowest BCUT2D eigenvalue weighted by Gasteiger charge is -2.11. The van der Waals surface area contributed by atoms with Crippen LogP contribution in [0.4, 0.5) is 0 Å². The molecule has 1 aromatic carbocycles. The van der Waals surface area contributed by atoms with Crippen LogP contribution in [0.15, 0.2) is 18.2 Å². The van der Waals surface area contributed by atoms with E-state index in [1.807, 2.05) is 6.92 Å². The quantitative estimate of drug-likeness (QED) is 0.764. The number of aryl methyl sites for hydroxylation is 2. The first-order valence-electron chi connectivity index (χ1n) is 5.03. The molecule has 0 saturated heterocycles. The summed E-state index contributed by atoms with van der Waals surface area (Å²) in [5, 5.41) is 12.1. The fourth-order valence-electron chi connectivity index (χ4n) is 1.53. The Bertz CT molecular complexity index is 276. The molecule has 14 heavy (non-hydrogen) atoms. The van der Waals surface area contributed by atoms with Gasteiger partial charge in [0.1, 0.15) is 0 Å². The number of rotatable bonds is 4. The fourth-order valence-corrected chi connectivity index (χ4v) is 1.53. The SMILES string of the molecule is Cc1cc(C)cc(CN[C@@H](C)CO)c1. The highest BCUT2D eigenvalue weighted by molar-refractivity contribution is 5.28. The first kappa shape index (κ1) is 11.2. The average molecular weight is 193 g/mol. The second-order valence-corrected chi connectivity index (χ2v) is 3.96. The lowest BCUT2D eigenvalue weighted by atomic mass is 10.1. The predicted octanol–water partition coefficient (Wildman–Crippen LogP) is 1.77. The summed E-state index contributed by atoms with van der Waals surface area (Å²) in [4.78, 5) is 0. The van der Waals surface area contributed by atoms with Crippen LogP contribution >= 0.6 is 0 Å². The van der Waals surface area contributed by atoms with E-state index in [4.69, 9.17) is 5.11 Å². The molecular formula is C12H19NO. The molecule has 0 radical (unpaired) electrons. The van der Waals surface area contributed by atoms with E-state index in [1.54, 1.807) is 0 Å². The maximum Gasteiger partial charge on any atom is 0.0582 e. The third-order valence-electron chi connectivity index (χ3n) is 2.21. The molecule has 0 bridgehead atoms. The molecular weight excluding hydrogens is 174 g/mol. The van der Waals surface area contributed by atoms with Crippen LogP contribution in [0.1, 0.15) is 23.6 Å². The van der Waals surface area contributed by atoms with E-state index in [0.717, 1.165) is 6.54 Å². The van der Waals surface area contributed by atoms with Gasteiger partial charge in [0.15, 0.2) is 0 Å². The van der Waals surface area contributed by atoms with E-state index in [-0.39, 0.29) is 12.6 Å². The van der Waals surface area contributed by atoms with E-state index < -0.39 is 0 Å². The highest BCUT2D eigenvalue weighted by atomic mass is 16.3. The Hall–Kier alpha value is -0.860. The van der Waals surface area contributed by atoms with Crippen LogP contribution in [0.3, 0.4) is 0 Å². The van der Waals surface area contributed by atoms with Gasteiger partial charge < -0.3 is 10.4 Å². The summed E-state index contributed by atoms with van der Waals surface area (Å²) in [5.41, 5.74) is 3.86. The zero-order valence-corrected chi connectivity index (χ0v) is 9.17. The summed E-state index contributed by atoms with van der Waals surface area (Å²) < 4.78 is 0. The van der Waals surface area contributed by atoms with Crippen molar-refractivity contribution in [2.75, 3.05) is 6.61 Å². The minimum Gasteiger partial charge on any atom is -0.395 e. The number of nitrogens with one attached hydrogen (secondary N) is 1. The van der Waals surface area contributed by atoms with Gasteiger partial charge in [0.25, 0.3) is 0 Å². The smallest absolute Gasteiger partial charge is 0.0582 e. The van der Waals surface area contributed by atoms with Gasteiger partial charge in [-0.1, -0.05) is 29.3 Å². The van der Waals surface area contributed by atoms with Gasteiger partial charge in [0.2, 0.25) is 0 Å². The van der Waals surface area contributed by atoms with Gasteiger partial charge in [-0.25, -0.2) is 0 Å². The molecule has 0 spiro atoms. The Morgan fingerprint density at radius 3 is 2.29 bits per heavy atom. The number of benzene rings is 1. The van der Waals surface area contributed by atoms with Gasteiger partial charge in [-0.05, 0) is 26.3 Å². The molecule has 0 amide bonds. The Morgan fingerprint density at radius 1 is 1.21 bits per heavy atom. The predicted molar refractivity (Wildman–Crippen MR) is 59.3 cm³/mol. The Balaban J connectivity index is 2.58. The Kier molecular flexibility index (Phi) is 4.11. The number of hydrogen-bond acceptors (Lipinski definition) is 2. The topological polar surface area (TPSA) is 32.3 Å². The molecule has 0 unspecified atom stereocenters. The normalized spacial score (nSPS) is 12.9. The summed E-state index contributed by atoms with van der Waals surface area (Å²) >= 11 is 0. The van der Waals surface area contributed by atoms with Crippen LogP contribution in [0.25, 0.3) is 0 Å². The summed E-state index contributed by atoms with van der Waals surface area (Å²) in [6.07, 6.45) is 0. The van der Waals surface area contributed by atoms with Gasteiger partial charge >= 0.3 is 0 Å². The third-order valence-corrected chi connectivity index (χ3v) is 2.21. The maximum atomic E-state index is 8.86. The molecule has 0 aliphatic carbocycles. The summed E-state index contributed by atoms with van der Waals surface area (Å²) in [5.74, 6) is 0. The molecule has 0 aliphatic heterocycles. The highest BCUT2D eigenvalue weighted by Gasteiger charge is 1.99. The van der Waals surface area contributed by atoms with E-state index in [1.165, 1.54) is 16.7 Å². The number of aliphatic hydroxyl groups excluding tert-OH is 1. The molecule has 0 fully saturated rings. The second-order valence-electron chi connectivity index (χ2n) is 3.96. The first-order chi connectivity index (χ1) is 6.61. The average Bonchev–Trinajstić information content (AvgIpc) is 2.12. The fraction of sp³-hybridized carbons (Fsp3) is 0.500. The lowest BCUT2D eigenvalue weighted by molar-refractivity contribution is 0.251. The molecule has 0 aromatic heterocycles. The summed E-state index contributed by atoms with van der Waals surface area (Å²) in [6, 6.07) is 6.67. The van der Waals surface area contributed by atoms with Crippen LogP contribution < -0.4 is 5.32 Å². The largest absolute Gasteiger partial charge is 0.395 e. The van der Waals surface area contributed by atoms with Crippen molar-refractivity contribution in [2.45, 2.75) is 33.4 Å². The molecule has 1 atom stereocenters. The van der Waals surface area contributed by atoms with Crippen molar-refractivity contribution in [1.82, 2.24) is 5.32 Å². The first-order valence-corrected chi connectivity index (χ1v) is 5.03. The van der Waals surface area contributed by atoms with Crippen LogP contribution in [-0.2, 0) is 6.54 Å². The highest BCUT2D eigenvalue weighted by Crippen LogP contribution is 2.08. The van der Waals surface area contributed by atoms with E-state index in [0.29, 0.717) is 0 Å². The Labute approximate surface area is 86.0 Å². The van der Waals surface area contributed by atoms with E-state index in [2.05, 4.69) is 37.4 Å². The molecule has 0 heterocycles. The van der Waals surface area contributed by atoms with Gasteiger partial charge in [0, 0.05) is 12.6 Å². The van der Waals surface area contributed by atoms with Crippen LogP contribution in [0, 0.1) is 13.8 Å². The third kappa shape index (κ3) is 3.48. The summed E-state index contributed by atoms with van der Waals surface area (Å²) in [6.45, 7) is 7.19. The standard InChI is InChI=1S/C12H19NO/c1-9-4-10(2)6-12(5-9)7-13-11(3)8-14/h4-6,11,13-14H,7-8H2,1-3H3/t11-/m0/s1. The zero-order chi connectivity index (χ0) is 10.6. The van der Waals surface area contributed by atoms with E-state index >= 15 is 0 Å². The molecule has 2 heteroatoms. The number of hydrogen-bond donors (Lipinski definition) is 2. The molecule has 78 valence electrons. The minimum absolute atomic E-state index is 0.163.